The predicted octanol–water partition coefficient (Wildman–Crippen LogP) is 6.92. The van der Waals surface area contributed by atoms with E-state index in [1.54, 1.807) is 24.3 Å². The van der Waals surface area contributed by atoms with Crippen LogP contribution >= 0.6 is 11.6 Å². The van der Waals surface area contributed by atoms with Gasteiger partial charge in [-0.3, -0.25) is 10.1 Å². The number of rotatable bonds is 5. The van der Waals surface area contributed by atoms with Crippen molar-refractivity contribution in [1.29, 1.82) is 0 Å². The molecule has 158 valence electrons. The molecule has 1 N–H and O–H groups in total. The van der Waals surface area contributed by atoms with E-state index in [1.807, 2.05) is 24.3 Å². The first kappa shape index (κ1) is 20.9. The third kappa shape index (κ3) is 4.27. The van der Waals surface area contributed by atoms with E-state index in [2.05, 4.69) is 4.98 Å². The number of nitrogens with one attached hydrogen (secondary N) is 1. The summed E-state index contributed by atoms with van der Waals surface area (Å²) >= 11 is 6.01. The zero-order valence-corrected chi connectivity index (χ0v) is 16.7. The van der Waals surface area contributed by atoms with E-state index >= 15 is 0 Å². The summed E-state index contributed by atoms with van der Waals surface area (Å²) in [7, 11) is 0. The third-order valence-corrected chi connectivity index (χ3v) is 5.45. The van der Waals surface area contributed by atoms with E-state index in [9.17, 15) is 23.3 Å². The van der Waals surface area contributed by atoms with Gasteiger partial charge in [-0.15, -0.1) is 0 Å². The number of benzene rings is 3. The van der Waals surface area contributed by atoms with Gasteiger partial charge in [-0.1, -0.05) is 54.1 Å². The summed E-state index contributed by atoms with van der Waals surface area (Å²) in [5, 5.41) is 12.9. The number of hydrogen-bond donors (Lipinski definition) is 1. The highest BCUT2D eigenvalue weighted by atomic mass is 35.5. The minimum Gasteiger partial charge on any atom is -0.354 e. The molecule has 0 fully saturated rings. The molecule has 8 heteroatoms. The van der Waals surface area contributed by atoms with Crippen LogP contribution in [0.4, 0.5) is 13.2 Å². The first-order valence-electron chi connectivity index (χ1n) is 9.39. The van der Waals surface area contributed by atoms with Crippen LogP contribution in [-0.2, 0) is 6.18 Å². The molecule has 31 heavy (non-hydrogen) atoms. The van der Waals surface area contributed by atoms with Crippen LogP contribution in [0.3, 0.4) is 0 Å². The van der Waals surface area contributed by atoms with Crippen molar-refractivity contribution in [2.75, 3.05) is 6.54 Å². The molecular formula is C23H16ClF3N2O2. The van der Waals surface area contributed by atoms with Gasteiger partial charge in [-0.2, -0.15) is 13.2 Å². The number of nitro groups is 1. The summed E-state index contributed by atoms with van der Waals surface area (Å²) in [4.78, 5) is 14.4. The summed E-state index contributed by atoms with van der Waals surface area (Å²) in [5.74, 6) is -0.751. The highest BCUT2D eigenvalue weighted by Crippen LogP contribution is 2.40. The lowest BCUT2D eigenvalue weighted by Crippen LogP contribution is -2.15. The molecule has 0 saturated heterocycles. The average Bonchev–Trinajstić information content (AvgIpc) is 3.11. The van der Waals surface area contributed by atoms with Crippen molar-refractivity contribution in [2.24, 2.45) is 0 Å². The Balaban J connectivity index is 1.92. The second kappa shape index (κ2) is 8.07. The second-order valence-corrected chi connectivity index (χ2v) is 7.59. The lowest BCUT2D eigenvalue weighted by Gasteiger charge is -2.17. The lowest BCUT2D eigenvalue weighted by molar-refractivity contribution is -0.481. The molecular weight excluding hydrogens is 429 g/mol. The van der Waals surface area contributed by atoms with Crippen LogP contribution in [0.1, 0.15) is 22.6 Å². The Hall–Kier alpha value is -3.32. The molecule has 0 unspecified atom stereocenters. The molecule has 0 amide bonds. The standard InChI is InChI=1S/C23H16ClF3N2O2/c24-17-11-7-15(8-12-17)22-21(18-3-1-2-4-20(18)28-22)19(13-29(30)31)14-5-9-16(10-6-14)23(25,26)27/h1-12,19,28H,13H2/t19-/m0/s1. The molecule has 4 nitrogen and oxygen atoms in total. The maximum atomic E-state index is 13.0. The number of fused-ring (bicyclic) bond motifs is 1. The fraction of sp³-hybridized carbons (Fsp3) is 0.130. The van der Waals surface area contributed by atoms with Crippen LogP contribution in [0, 0.1) is 10.1 Å². The van der Waals surface area contributed by atoms with Gasteiger partial charge < -0.3 is 4.98 Å². The minimum absolute atomic E-state index is 0.435. The van der Waals surface area contributed by atoms with E-state index < -0.39 is 29.1 Å². The van der Waals surface area contributed by atoms with Gasteiger partial charge >= 0.3 is 6.18 Å². The van der Waals surface area contributed by atoms with Crippen LogP contribution in [0.5, 0.6) is 0 Å². The fourth-order valence-corrected chi connectivity index (χ4v) is 3.91. The maximum absolute atomic E-state index is 13.0. The summed E-state index contributed by atoms with van der Waals surface area (Å²) < 4.78 is 39.0. The third-order valence-electron chi connectivity index (χ3n) is 5.20. The summed E-state index contributed by atoms with van der Waals surface area (Å²) in [5.41, 5.74) is 2.52. The Morgan fingerprint density at radius 2 is 1.61 bits per heavy atom. The Labute approximate surface area is 180 Å². The lowest BCUT2D eigenvalue weighted by atomic mass is 9.87. The number of nitrogens with zero attached hydrogens (tertiary/aromatic N) is 1. The molecule has 0 aliphatic heterocycles. The van der Waals surface area contributed by atoms with Gasteiger partial charge in [0.2, 0.25) is 6.54 Å². The largest absolute Gasteiger partial charge is 0.416 e. The number of aromatic nitrogens is 1. The normalized spacial score (nSPS) is 12.8. The van der Waals surface area contributed by atoms with Gasteiger partial charge in [-0.25, -0.2) is 0 Å². The smallest absolute Gasteiger partial charge is 0.354 e. The van der Waals surface area contributed by atoms with Crippen molar-refractivity contribution in [1.82, 2.24) is 4.98 Å². The van der Waals surface area contributed by atoms with Gasteiger partial charge in [0, 0.05) is 20.8 Å². The topological polar surface area (TPSA) is 58.9 Å². The molecule has 0 spiro atoms. The number of halogens is 4. The van der Waals surface area contributed by atoms with E-state index in [0.29, 0.717) is 21.8 Å². The first-order valence-corrected chi connectivity index (χ1v) is 9.77. The van der Waals surface area contributed by atoms with Crippen LogP contribution in [-0.4, -0.2) is 16.5 Å². The first-order chi connectivity index (χ1) is 14.7. The Bertz CT molecular complexity index is 1230. The van der Waals surface area contributed by atoms with Gasteiger partial charge in [0.1, 0.15) is 0 Å². The summed E-state index contributed by atoms with van der Waals surface area (Å²) in [6.45, 7) is -0.464. The molecule has 0 saturated carbocycles. The van der Waals surface area contributed by atoms with Crippen molar-refractivity contribution in [3.05, 3.63) is 105 Å². The second-order valence-electron chi connectivity index (χ2n) is 7.15. The van der Waals surface area contributed by atoms with Crippen LogP contribution in [0.15, 0.2) is 72.8 Å². The van der Waals surface area contributed by atoms with E-state index in [1.165, 1.54) is 12.1 Å². The molecule has 4 aromatic rings. The summed E-state index contributed by atoms with van der Waals surface area (Å²) in [6, 6.07) is 18.9. The molecule has 4 rings (SSSR count). The zero-order chi connectivity index (χ0) is 22.2. The molecule has 3 aromatic carbocycles. The van der Waals surface area contributed by atoms with Crippen LogP contribution < -0.4 is 0 Å². The minimum atomic E-state index is -4.48. The van der Waals surface area contributed by atoms with Gasteiger partial charge in [0.15, 0.2) is 0 Å². The monoisotopic (exact) mass is 444 g/mol. The Morgan fingerprint density at radius 1 is 0.968 bits per heavy atom. The highest BCUT2D eigenvalue weighted by molar-refractivity contribution is 6.30. The van der Waals surface area contributed by atoms with Crippen molar-refractivity contribution < 1.29 is 18.1 Å². The zero-order valence-electron chi connectivity index (χ0n) is 16.0. The van der Waals surface area contributed by atoms with Gasteiger partial charge in [0.25, 0.3) is 0 Å². The SMILES string of the molecule is O=[N+]([O-])C[C@@H](c1ccc(C(F)(F)F)cc1)c1c(-c2ccc(Cl)cc2)[nH]c2ccccc12. The van der Waals surface area contributed by atoms with Crippen LogP contribution in [0.2, 0.25) is 5.02 Å². The number of H-pyrrole nitrogens is 1. The molecule has 1 aromatic heterocycles. The Kier molecular flexibility index (Phi) is 5.45. The number of alkyl halides is 3. The Morgan fingerprint density at radius 3 is 2.23 bits per heavy atom. The number of hydrogen-bond acceptors (Lipinski definition) is 2. The van der Waals surface area contributed by atoms with E-state index in [0.717, 1.165) is 28.6 Å². The number of para-hydroxylation sites is 1. The predicted molar refractivity (Wildman–Crippen MR) is 114 cm³/mol. The van der Waals surface area contributed by atoms with Crippen molar-refractivity contribution in [2.45, 2.75) is 12.1 Å². The van der Waals surface area contributed by atoms with Crippen molar-refractivity contribution >= 4 is 22.5 Å². The quantitative estimate of drug-likeness (QED) is 0.268. The van der Waals surface area contributed by atoms with Gasteiger partial charge in [0.05, 0.1) is 17.2 Å². The van der Waals surface area contributed by atoms with E-state index in [4.69, 9.17) is 11.6 Å². The van der Waals surface area contributed by atoms with Crippen molar-refractivity contribution in [3.8, 4) is 11.3 Å². The van der Waals surface area contributed by atoms with Crippen LogP contribution in [0.25, 0.3) is 22.2 Å². The summed E-state index contributed by atoms with van der Waals surface area (Å²) in [6.07, 6.45) is -4.48. The molecule has 0 bridgehead atoms. The molecule has 0 aliphatic carbocycles. The van der Waals surface area contributed by atoms with Gasteiger partial charge in [-0.05, 0) is 47.0 Å². The average molecular weight is 445 g/mol. The maximum Gasteiger partial charge on any atom is 0.416 e. The van der Waals surface area contributed by atoms with E-state index in [-0.39, 0.29) is 0 Å². The van der Waals surface area contributed by atoms with Crippen molar-refractivity contribution in [3.63, 3.8) is 0 Å². The molecule has 1 heterocycles. The molecule has 1 atom stereocenters. The highest BCUT2D eigenvalue weighted by Gasteiger charge is 2.32. The molecule has 0 aliphatic rings. The fourth-order valence-electron chi connectivity index (χ4n) is 3.79. The molecule has 0 radical (unpaired) electrons. The number of aromatic amines is 1.